The van der Waals surface area contributed by atoms with Gasteiger partial charge in [-0.3, -0.25) is 0 Å². The average molecular weight is 260 g/mol. The number of piperidine rings is 1. The first-order chi connectivity index (χ1) is 9.19. The van der Waals surface area contributed by atoms with E-state index in [9.17, 15) is 4.39 Å². The molecule has 3 rings (SSSR count). The normalized spacial score (nSPS) is 25.0. The van der Waals surface area contributed by atoms with Crippen LogP contribution >= 0.6 is 0 Å². The summed E-state index contributed by atoms with van der Waals surface area (Å²) >= 11 is 0. The van der Waals surface area contributed by atoms with Crippen molar-refractivity contribution in [1.29, 1.82) is 0 Å². The van der Waals surface area contributed by atoms with E-state index in [1.54, 1.807) is 12.1 Å². The molecule has 0 bridgehead atoms. The number of aromatic nitrogens is 1. The average Bonchev–Trinajstić information content (AvgIpc) is 2.82. The minimum Gasteiger partial charge on any atom is -0.361 e. The zero-order valence-electron chi connectivity index (χ0n) is 11.6. The Labute approximate surface area is 113 Å². The van der Waals surface area contributed by atoms with Crippen molar-refractivity contribution < 1.29 is 4.39 Å². The number of benzene rings is 1. The highest BCUT2D eigenvalue weighted by Gasteiger charge is 2.26. The molecule has 0 unspecified atom stereocenters. The summed E-state index contributed by atoms with van der Waals surface area (Å²) in [4.78, 5) is 5.75. The summed E-state index contributed by atoms with van der Waals surface area (Å²) in [6, 6.07) is 5.74. The van der Waals surface area contributed by atoms with E-state index in [1.165, 1.54) is 23.8 Å². The van der Waals surface area contributed by atoms with E-state index in [4.69, 9.17) is 0 Å². The number of nitrogens with zero attached hydrogens (tertiary/aromatic N) is 1. The largest absolute Gasteiger partial charge is 0.361 e. The fourth-order valence-electron chi connectivity index (χ4n) is 3.33. The Hall–Kier alpha value is -1.35. The van der Waals surface area contributed by atoms with Crippen molar-refractivity contribution in [3.05, 3.63) is 35.8 Å². The first kappa shape index (κ1) is 12.7. The molecule has 2 atom stereocenters. The topological polar surface area (TPSA) is 19.0 Å². The minimum absolute atomic E-state index is 0.173. The number of aromatic amines is 1. The summed E-state index contributed by atoms with van der Waals surface area (Å²) in [5, 5.41) is 1.18. The molecule has 1 saturated heterocycles. The van der Waals surface area contributed by atoms with Gasteiger partial charge in [-0.05, 0) is 56.0 Å². The molecule has 1 aromatic carbocycles. The van der Waals surface area contributed by atoms with Crippen molar-refractivity contribution in [3.8, 4) is 0 Å². The lowest BCUT2D eigenvalue weighted by molar-refractivity contribution is 0.152. The predicted molar refractivity (Wildman–Crippen MR) is 76.9 cm³/mol. The van der Waals surface area contributed by atoms with E-state index < -0.39 is 0 Å². The number of hydrogen-bond donors (Lipinski definition) is 1. The van der Waals surface area contributed by atoms with Crippen LogP contribution in [0.1, 0.15) is 38.2 Å². The molecule has 1 aromatic heterocycles. The lowest BCUT2D eigenvalue weighted by Crippen LogP contribution is -2.40. The summed E-state index contributed by atoms with van der Waals surface area (Å²) in [5.41, 5.74) is 2.26. The van der Waals surface area contributed by atoms with Crippen LogP contribution in [-0.2, 0) is 0 Å². The van der Waals surface area contributed by atoms with E-state index in [0.717, 1.165) is 18.6 Å². The van der Waals surface area contributed by atoms with Crippen molar-refractivity contribution >= 4 is 10.9 Å². The highest BCUT2D eigenvalue weighted by atomic mass is 19.1. The maximum Gasteiger partial charge on any atom is 0.125 e. The van der Waals surface area contributed by atoms with Gasteiger partial charge >= 0.3 is 0 Å². The Morgan fingerprint density at radius 1 is 1.37 bits per heavy atom. The second kappa shape index (κ2) is 4.97. The highest BCUT2D eigenvalue weighted by Crippen LogP contribution is 2.34. The smallest absolute Gasteiger partial charge is 0.125 e. The van der Waals surface area contributed by atoms with Crippen LogP contribution in [0.3, 0.4) is 0 Å². The van der Waals surface area contributed by atoms with Crippen LogP contribution < -0.4 is 0 Å². The molecule has 0 amide bonds. The van der Waals surface area contributed by atoms with Gasteiger partial charge in [0.15, 0.2) is 0 Å². The van der Waals surface area contributed by atoms with Crippen LogP contribution in [0.4, 0.5) is 4.39 Å². The van der Waals surface area contributed by atoms with Crippen LogP contribution in [0.5, 0.6) is 0 Å². The molecule has 0 saturated carbocycles. The summed E-state index contributed by atoms with van der Waals surface area (Å²) in [6.45, 7) is 6.75. The van der Waals surface area contributed by atoms with Crippen LogP contribution in [-0.4, -0.2) is 29.0 Å². The maximum atomic E-state index is 13.2. The molecule has 0 spiro atoms. The van der Waals surface area contributed by atoms with Crippen LogP contribution in [0, 0.1) is 5.82 Å². The van der Waals surface area contributed by atoms with Crippen LogP contribution in [0.15, 0.2) is 24.4 Å². The van der Waals surface area contributed by atoms with Crippen LogP contribution in [0.25, 0.3) is 10.9 Å². The third-order valence-corrected chi connectivity index (χ3v) is 4.53. The Kier molecular flexibility index (Phi) is 3.31. The van der Waals surface area contributed by atoms with E-state index in [2.05, 4.69) is 29.9 Å². The standard InChI is InChI=1S/C16H21FN2/c1-3-19-10-12(5-4-11(19)2)15-9-18-16-8-13(17)6-7-14(15)16/h6-9,11-12,18H,3-5,10H2,1-2H3/t11-,12-/m0/s1. The first-order valence-corrected chi connectivity index (χ1v) is 7.19. The Balaban J connectivity index is 1.92. The summed E-state index contributed by atoms with van der Waals surface area (Å²) in [5.74, 6) is 0.392. The highest BCUT2D eigenvalue weighted by molar-refractivity contribution is 5.83. The van der Waals surface area contributed by atoms with Gasteiger partial charge in [-0.15, -0.1) is 0 Å². The Morgan fingerprint density at radius 3 is 3.00 bits per heavy atom. The van der Waals surface area contributed by atoms with Gasteiger partial charge in [0.25, 0.3) is 0 Å². The van der Waals surface area contributed by atoms with Gasteiger partial charge in [-0.25, -0.2) is 4.39 Å². The number of halogens is 1. The SMILES string of the molecule is CCN1C[C@@H](c2c[nH]c3cc(F)ccc23)CC[C@@H]1C. The zero-order valence-corrected chi connectivity index (χ0v) is 11.6. The van der Waals surface area contributed by atoms with E-state index in [0.29, 0.717) is 12.0 Å². The molecule has 102 valence electrons. The van der Waals surface area contributed by atoms with Gasteiger partial charge < -0.3 is 9.88 Å². The van der Waals surface area contributed by atoms with Gasteiger partial charge in [0.2, 0.25) is 0 Å². The molecule has 1 N–H and O–H groups in total. The van der Waals surface area contributed by atoms with Crippen molar-refractivity contribution in [2.75, 3.05) is 13.1 Å². The molecule has 1 aliphatic heterocycles. The second-order valence-electron chi connectivity index (χ2n) is 5.64. The van der Waals surface area contributed by atoms with Crippen molar-refractivity contribution in [2.45, 2.75) is 38.6 Å². The van der Waals surface area contributed by atoms with Crippen molar-refractivity contribution in [2.24, 2.45) is 0 Å². The lowest BCUT2D eigenvalue weighted by atomic mass is 9.87. The molecule has 2 nitrogen and oxygen atoms in total. The fourth-order valence-corrected chi connectivity index (χ4v) is 3.33. The second-order valence-corrected chi connectivity index (χ2v) is 5.64. The molecule has 3 heteroatoms. The third kappa shape index (κ3) is 2.27. The predicted octanol–water partition coefficient (Wildman–Crippen LogP) is 3.89. The van der Waals surface area contributed by atoms with Gasteiger partial charge in [-0.1, -0.05) is 6.92 Å². The molecular formula is C16H21FN2. The molecule has 1 aliphatic rings. The molecule has 2 heterocycles. The number of rotatable bonds is 2. The van der Waals surface area contributed by atoms with Crippen molar-refractivity contribution in [3.63, 3.8) is 0 Å². The first-order valence-electron chi connectivity index (χ1n) is 7.19. The third-order valence-electron chi connectivity index (χ3n) is 4.53. The Morgan fingerprint density at radius 2 is 2.21 bits per heavy atom. The van der Waals surface area contributed by atoms with Gasteiger partial charge in [0.05, 0.1) is 0 Å². The number of H-pyrrole nitrogens is 1. The van der Waals surface area contributed by atoms with E-state index in [1.807, 2.05) is 6.07 Å². The summed E-state index contributed by atoms with van der Waals surface area (Å²) in [6.07, 6.45) is 4.53. The van der Waals surface area contributed by atoms with Gasteiger partial charge in [0.1, 0.15) is 5.82 Å². The lowest BCUT2D eigenvalue weighted by Gasteiger charge is -2.37. The van der Waals surface area contributed by atoms with Gasteiger partial charge in [-0.2, -0.15) is 0 Å². The summed E-state index contributed by atoms with van der Waals surface area (Å²) in [7, 11) is 0. The fraction of sp³-hybridized carbons (Fsp3) is 0.500. The molecular weight excluding hydrogens is 239 g/mol. The molecule has 1 fully saturated rings. The molecule has 2 aromatic rings. The van der Waals surface area contributed by atoms with Crippen molar-refractivity contribution in [1.82, 2.24) is 9.88 Å². The number of nitrogens with one attached hydrogen (secondary N) is 1. The maximum absolute atomic E-state index is 13.2. The molecule has 0 aliphatic carbocycles. The minimum atomic E-state index is -0.173. The zero-order chi connectivity index (χ0) is 13.4. The Bertz CT molecular complexity index is 575. The number of likely N-dealkylation sites (tertiary alicyclic amines) is 1. The molecule has 19 heavy (non-hydrogen) atoms. The number of likely N-dealkylation sites (N-methyl/N-ethyl adjacent to an activating group) is 1. The quantitative estimate of drug-likeness (QED) is 0.867. The van der Waals surface area contributed by atoms with Gasteiger partial charge in [0, 0.05) is 29.7 Å². The summed E-state index contributed by atoms with van der Waals surface area (Å²) < 4.78 is 13.2. The number of hydrogen-bond acceptors (Lipinski definition) is 1. The molecule has 0 radical (unpaired) electrons. The van der Waals surface area contributed by atoms with Crippen LogP contribution in [0.2, 0.25) is 0 Å². The monoisotopic (exact) mass is 260 g/mol. The van der Waals surface area contributed by atoms with E-state index >= 15 is 0 Å². The number of fused-ring (bicyclic) bond motifs is 1. The van der Waals surface area contributed by atoms with E-state index in [-0.39, 0.29) is 5.82 Å².